The number of guanidine groups is 1. The molecular formula is C19H27N7. The minimum atomic E-state index is 0.697. The lowest BCUT2D eigenvalue weighted by atomic mass is 10.3. The number of hydrogen-bond acceptors (Lipinski definition) is 3. The van der Waals surface area contributed by atoms with Crippen LogP contribution in [0.25, 0.3) is 5.65 Å². The van der Waals surface area contributed by atoms with Crippen molar-refractivity contribution >= 4 is 11.6 Å². The largest absolute Gasteiger partial charge is 0.357 e. The molecule has 0 atom stereocenters. The summed E-state index contributed by atoms with van der Waals surface area (Å²) in [4.78, 5) is 11.6. The summed E-state index contributed by atoms with van der Waals surface area (Å²) in [6.45, 7) is 6.47. The number of nitrogens with zero attached hydrogens (tertiary/aromatic N) is 6. The first-order valence-electron chi connectivity index (χ1n) is 8.97. The Morgan fingerprint density at radius 3 is 2.88 bits per heavy atom. The Kier molecular flexibility index (Phi) is 5.55. The van der Waals surface area contributed by atoms with Crippen molar-refractivity contribution in [3.63, 3.8) is 0 Å². The number of aliphatic imine (C=N–C) groups is 1. The van der Waals surface area contributed by atoms with E-state index >= 15 is 0 Å². The maximum Gasteiger partial charge on any atom is 0.193 e. The van der Waals surface area contributed by atoms with E-state index in [-0.39, 0.29) is 0 Å². The van der Waals surface area contributed by atoms with Gasteiger partial charge in [-0.1, -0.05) is 6.07 Å². The highest BCUT2D eigenvalue weighted by Crippen LogP contribution is 2.10. The molecule has 0 aliphatic heterocycles. The van der Waals surface area contributed by atoms with Crippen LogP contribution < -0.4 is 5.32 Å². The van der Waals surface area contributed by atoms with Crippen LogP contribution in [0.4, 0.5) is 0 Å². The number of nitrogens with one attached hydrogen (secondary N) is 1. The molecule has 3 aromatic heterocycles. The van der Waals surface area contributed by atoms with Crippen molar-refractivity contribution in [2.45, 2.75) is 26.8 Å². The van der Waals surface area contributed by atoms with Gasteiger partial charge in [0.1, 0.15) is 5.65 Å². The van der Waals surface area contributed by atoms with Crippen LogP contribution in [0.3, 0.4) is 0 Å². The second-order valence-electron chi connectivity index (χ2n) is 6.52. The van der Waals surface area contributed by atoms with E-state index in [4.69, 9.17) is 9.98 Å². The summed E-state index contributed by atoms with van der Waals surface area (Å²) in [5.41, 5.74) is 4.43. The Morgan fingerprint density at radius 1 is 1.35 bits per heavy atom. The van der Waals surface area contributed by atoms with Gasteiger partial charge in [0.2, 0.25) is 0 Å². The number of aromatic nitrogens is 4. The molecule has 0 aromatic carbocycles. The lowest BCUT2D eigenvalue weighted by Gasteiger charge is -2.21. The molecule has 0 aliphatic carbocycles. The Hall–Kier alpha value is -2.83. The Bertz CT molecular complexity index is 890. The van der Waals surface area contributed by atoms with Gasteiger partial charge in [-0.2, -0.15) is 5.10 Å². The summed E-state index contributed by atoms with van der Waals surface area (Å²) in [5, 5.41) is 7.58. The molecule has 0 saturated carbocycles. The topological polar surface area (TPSA) is 62.8 Å². The van der Waals surface area contributed by atoms with Gasteiger partial charge in [-0.05, 0) is 25.5 Å². The zero-order valence-corrected chi connectivity index (χ0v) is 16.0. The summed E-state index contributed by atoms with van der Waals surface area (Å²) in [6.07, 6.45) is 8.85. The minimum absolute atomic E-state index is 0.697. The summed E-state index contributed by atoms with van der Waals surface area (Å²) in [6, 6.07) is 4.13. The zero-order valence-electron chi connectivity index (χ0n) is 16.0. The van der Waals surface area contributed by atoms with Gasteiger partial charge in [-0.15, -0.1) is 0 Å². The highest BCUT2D eigenvalue weighted by atomic mass is 15.3. The molecule has 7 heteroatoms. The fourth-order valence-electron chi connectivity index (χ4n) is 2.97. The third kappa shape index (κ3) is 4.22. The SMILES string of the molecule is CCNC(=NCCc1cn2cccc(C)c2n1)N(C)Cc1cnn(C)c1. The van der Waals surface area contributed by atoms with Gasteiger partial charge < -0.3 is 14.6 Å². The average Bonchev–Trinajstić information content (AvgIpc) is 3.21. The van der Waals surface area contributed by atoms with E-state index in [1.807, 2.05) is 43.4 Å². The molecule has 3 heterocycles. The summed E-state index contributed by atoms with van der Waals surface area (Å²) >= 11 is 0. The van der Waals surface area contributed by atoms with E-state index < -0.39 is 0 Å². The second kappa shape index (κ2) is 8.03. The normalized spacial score (nSPS) is 11.9. The summed E-state index contributed by atoms with van der Waals surface area (Å²) in [5.74, 6) is 0.899. The lowest BCUT2D eigenvalue weighted by Crippen LogP contribution is -2.38. The molecule has 26 heavy (non-hydrogen) atoms. The molecule has 0 saturated heterocycles. The van der Waals surface area contributed by atoms with Crippen LogP contribution >= 0.6 is 0 Å². The molecular weight excluding hydrogens is 326 g/mol. The molecule has 0 spiro atoms. The van der Waals surface area contributed by atoms with E-state index in [0.717, 1.165) is 42.4 Å². The number of aryl methyl sites for hydroxylation is 2. The van der Waals surface area contributed by atoms with Crippen LogP contribution in [0.5, 0.6) is 0 Å². The predicted octanol–water partition coefficient (Wildman–Crippen LogP) is 2.02. The van der Waals surface area contributed by atoms with Gasteiger partial charge in [0.15, 0.2) is 5.96 Å². The first kappa shape index (κ1) is 18.0. The molecule has 0 radical (unpaired) electrons. The van der Waals surface area contributed by atoms with Crippen molar-refractivity contribution in [1.29, 1.82) is 0 Å². The van der Waals surface area contributed by atoms with Crippen molar-refractivity contribution in [3.05, 3.63) is 53.7 Å². The van der Waals surface area contributed by atoms with Crippen LogP contribution in [0.15, 0.2) is 41.9 Å². The van der Waals surface area contributed by atoms with Gasteiger partial charge in [-0.25, -0.2) is 4.98 Å². The molecule has 7 nitrogen and oxygen atoms in total. The monoisotopic (exact) mass is 353 g/mol. The molecule has 0 fully saturated rings. The van der Waals surface area contributed by atoms with Crippen LogP contribution in [0.2, 0.25) is 0 Å². The fourth-order valence-corrected chi connectivity index (χ4v) is 2.97. The van der Waals surface area contributed by atoms with Crippen LogP contribution in [-0.4, -0.2) is 50.2 Å². The van der Waals surface area contributed by atoms with Gasteiger partial charge in [0, 0.05) is 64.3 Å². The Morgan fingerprint density at radius 2 is 2.19 bits per heavy atom. The van der Waals surface area contributed by atoms with Gasteiger partial charge in [0.05, 0.1) is 11.9 Å². The van der Waals surface area contributed by atoms with E-state index in [1.54, 1.807) is 0 Å². The smallest absolute Gasteiger partial charge is 0.193 e. The van der Waals surface area contributed by atoms with Gasteiger partial charge in [0.25, 0.3) is 0 Å². The van der Waals surface area contributed by atoms with Crippen LogP contribution in [0, 0.1) is 6.92 Å². The third-order valence-electron chi connectivity index (χ3n) is 4.23. The van der Waals surface area contributed by atoms with Crippen molar-refractivity contribution in [3.8, 4) is 0 Å². The first-order chi connectivity index (χ1) is 12.6. The molecule has 0 aliphatic rings. The predicted molar refractivity (Wildman–Crippen MR) is 104 cm³/mol. The number of rotatable bonds is 6. The standard InChI is InChI=1S/C19H27N7/c1-5-20-19(24(3)12-16-11-22-25(4)13-16)21-9-8-17-14-26-10-6-7-15(2)18(26)23-17/h6-7,10-11,13-14H,5,8-9,12H2,1-4H3,(H,20,21). The fraction of sp³-hybridized carbons (Fsp3) is 0.421. The van der Waals surface area contributed by atoms with Gasteiger partial charge >= 0.3 is 0 Å². The highest BCUT2D eigenvalue weighted by molar-refractivity contribution is 5.79. The number of hydrogen-bond donors (Lipinski definition) is 1. The minimum Gasteiger partial charge on any atom is -0.357 e. The van der Waals surface area contributed by atoms with Crippen molar-refractivity contribution < 1.29 is 0 Å². The quantitative estimate of drug-likeness (QED) is 0.544. The molecule has 0 bridgehead atoms. The maximum absolute atomic E-state index is 4.76. The first-order valence-corrected chi connectivity index (χ1v) is 8.97. The average molecular weight is 353 g/mol. The lowest BCUT2D eigenvalue weighted by molar-refractivity contribution is 0.476. The molecule has 138 valence electrons. The van der Waals surface area contributed by atoms with E-state index in [9.17, 15) is 0 Å². The highest BCUT2D eigenvalue weighted by Gasteiger charge is 2.08. The van der Waals surface area contributed by atoms with E-state index in [1.165, 1.54) is 5.56 Å². The van der Waals surface area contributed by atoms with E-state index in [2.05, 4.69) is 45.8 Å². The van der Waals surface area contributed by atoms with Crippen molar-refractivity contribution in [2.75, 3.05) is 20.1 Å². The van der Waals surface area contributed by atoms with Crippen LogP contribution in [-0.2, 0) is 20.0 Å². The van der Waals surface area contributed by atoms with Crippen LogP contribution in [0.1, 0.15) is 23.7 Å². The number of imidazole rings is 1. The summed E-state index contributed by atoms with van der Waals surface area (Å²) < 4.78 is 3.90. The van der Waals surface area contributed by atoms with Gasteiger partial charge in [-0.3, -0.25) is 9.67 Å². The van der Waals surface area contributed by atoms with Crippen molar-refractivity contribution in [2.24, 2.45) is 12.0 Å². The number of fused-ring (bicyclic) bond motifs is 1. The molecule has 3 aromatic rings. The van der Waals surface area contributed by atoms with Crippen molar-refractivity contribution in [1.82, 2.24) is 29.4 Å². The Labute approximate surface area is 154 Å². The molecule has 3 rings (SSSR count). The third-order valence-corrected chi connectivity index (χ3v) is 4.23. The second-order valence-corrected chi connectivity index (χ2v) is 6.52. The maximum atomic E-state index is 4.76. The molecule has 0 unspecified atom stereocenters. The van der Waals surface area contributed by atoms with E-state index in [0.29, 0.717) is 6.54 Å². The summed E-state index contributed by atoms with van der Waals surface area (Å²) in [7, 11) is 3.97. The molecule has 1 N–H and O–H groups in total. The Balaban J connectivity index is 1.65. The zero-order chi connectivity index (χ0) is 18.5. The number of pyridine rings is 1. The molecule has 0 amide bonds.